The number of thioether (sulfide) groups is 1. The monoisotopic (exact) mass is 334 g/mol. The molecule has 0 radical (unpaired) electrons. The van der Waals surface area contributed by atoms with Gasteiger partial charge in [-0.1, -0.05) is 11.8 Å². The van der Waals surface area contributed by atoms with Crippen LogP contribution >= 0.6 is 11.8 Å². The van der Waals surface area contributed by atoms with Gasteiger partial charge in [0.15, 0.2) is 5.16 Å². The molecule has 2 aromatic heterocycles. The van der Waals surface area contributed by atoms with Crippen LogP contribution in [0.2, 0.25) is 0 Å². The van der Waals surface area contributed by atoms with Crippen LogP contribution in [0, 0.1) is 0 Å². The molecule has 2 aromatic rings. The van der Waals surface area contributed by atoms with Gasteiger partial charge in [-0.25, -0.2) is 9.97 Å². The Balaban J connectivity index is 1.48. The Morgan fingerprint density at radius 2 is 2.13 bits per heavy atom. The number of nitrogens with one attached hydrogen (secondary N) is 1. The molecule has 8 heteroatoms. The average molecular weight is 334 g/mol. The van der Waals surface area contributed by atoms with E-state index in [2.05, 4.69) is 25.2 Å². The smallest absolute Gasteiger partial charge is 0.224 e. The maximum absolute atomic E-state index is 9.59. The van der Waals surface area contributed by atoms with E-state index in [-0.39, 0.29) is 6.10 Å². The molecular weight excluding hydrogens is 312 g/mol. The number of hydrogen-bond acceptors (Lipinski definition) is 7. The zero-order valence-electron chi connectivity index (χ0n) is 13.2. The number of nitrogens with zero attached hydrogens (tertiary/aromatic N) is 5. The first-order valence-electron chi connectivity index (χ1n) is 7.82. The minimum atomic E-state index is -0.172. The molecule has 0 spiro atoms. The first kappa shape index (κ1) is 16.1. The van der Waals surface area contributed by atoms with Crippen LogP contribution in [-0.4, -0.2) is 56.1 Å². The van der Waals surface area contributed by atoms with Crippen LogP contribution in [-0.2, 0) is 7.05 Å². The third-order valence-electron chi connectivity index (χ3n) is 3.82. The lowest BCUT2D eigenvalue weighted by Gasteiger charge is -2.30. The van der Waals surface area contributed by atoms with E-state index in [9.17, 15) is 5.11 Å². The summed E-state index contributed by atoms with van der Waals surface area (Å²) in [6.45, 7) is 2.46. The Morgan fingerprint density at radius 3 is 2.87 bits per heavy atom. The molecule has 0 aliphatic carbocycles. The molecule has 2 N–H and O–H groups in total. The Hall–Kier alpha value is -1.80. The minimum Gasteiger partial charge on any atom is -0.393 e. The fourth-order valence-corrected chi connectivity index (χ4v) is 3.29. The van der Waals surface area contributed by atoms with Gasteiger partial charge < -0.3 is 19.9 Å². The van der Waals surface area contributed by atoms with E-state index in [0.29, 0.717) is 5.95 Å². The molecular formula is C15H22N6OS. The van der Waals surface area contributed by atoms with Gasteiger partial charge >= 0.3 is 0 Å². The molecule has 3 rings (SSSR count). The lowest BCUT2D eigenvalue weighted by Crippen LogP contribution is -2.36. The number of imidazole rings is 1. The summed E-state index contributed by atoms with van der Waals surface area (Å²) >= 11 is 1.70. The molecule has 0 atom stereocenters. The Labute approximate surface area is 140 Å². The number of piperidine rings is 1. The SMILES string of the molecule is Cn1ccnc1SCCNc1nccc(N2CCC(O)CC2)n1. The topological polar surface area (TPSA) is 79.1 Å². The highest BCUT2D eigenvalue weighted by atomic mass is 32.2. The second-order valence-corrected chi connectivity index (χ2v) is 6.61. The van der Waals surface area contributed by atoms with Crippen molar-refractivity contribution in [3.05, 3.63) is 24.7 Å². The summed E-state index contributed by atoms with van der Waals surface area (Å²) in [5.41, 5.74) is 0. The highest BCUT2D eigenvalue weighted by Gasteiger charge is 2.18. The maximum Gasteiger partial charge on any atom is 0.224 e. The first-order valence-corrected chi connectivity index (χ1v) is 8.81. The molecule has 1 fully saturated rings. The summed E-state index contributed by atoms with van der Waals surface area (Å²) in [5, 5.41) is 13.9. The van der Waals surface area contributed by atoms with Gasteiger partial charge in [-0.15, -0.1) is 0 Å². The van der Waals surface area contributed by atoms with E-state index < -0.39 is 0 Å². The minimum absolute atomic E-state index is 0.172. The number of aliphatic hydroxyl groups is 1. The fourth-order valence-electron chi connectivity index (χ4n) is 2.50. The average Bonchev–Trinajstić information content (AvgIpc) is 2.98. The van der Waals surface area contributed by atoms with Crippen molar-refractivity contribution in [2.45, 2.75) is 24.1 Å². The van der Waals surface area contributed by atoms with E-state index in [1.165, 1.54) is 0 Å². The molecule has 0 amide bonds. The molecule has 1 aliphatic rings. The summed E-state index contributed by atoms with van der Waals surface area (Å²) in [6, 6.07) is 1.92. The van der Waals surface area contributed by atoms with Crippen molar-refractivity contribution < 1.29 is 5.11 Å². The lowest BCUT2D eigenvalue weighted by molar-refractivity contribution is 0.145. The van der Waals surface area contributed by atoms with Gasteiger partial charge in [0.25, 0.3) is 0 Å². The quantitative estimate of drug-likeness (QED) is 0.610. The molecule has 7 nitrogen and oxygen atoms in total. The van der Waals surface area contributed by atoms with Gasteiger partial charge in [0.05, 0.1) is 6.10 Å². The lowest BCUT2D eigenvalue weighted by atomic mass is 10.1. The van der Waals surface area contributed by atoms with Gasteiger partial charge in [0.2, 0.25) is 5.95 Å². The molecule has 124 valence electrons. The highest BCUT2D eigenvalue weighted by molar-refractivity contribution is 7.99. The second-order valence-electron chi connectivity index (χ2n) is 5.55. The van der Waals surface area contributed by atoms with Crippen molar-refractivity contribution in [1.29, 1.82) is 0 Å². The van der Waals surface area contributed by atoms with Crippen LogP contribution in [0.3, 0.4) is 0 Å². The summed E-state index contributed by atoms with van der Waals surface area (Å²) in [5.74, 6) is 2.47. The third kappa shape index (κ3) is 4.35. The van der Waals surface area contributed by atoms with Gasteiger partial charge in [-0.2, -0.15) is 4.98 Å². The van der Waals surface area contributed by atoms with Crippen LogP contribution in [0.25, 0.3) is 0 Å². The Morgan fingerprint density at radius 1 is 1.30 bits per heavy atom. The third-order valence-corrected chi connectivity index (χ3v) is 4.88. The number of aromatic nitrogens is 4. The fraction of sp³-hybridized carbons (Fsp3) is 0.533. The standard InChI is InChI=1S/C15H22N6OS/c1-20-10-6-18-15(20)23-11-7-17-14-16-5-2-13(19-14)21-8-3-12(22)4-9-21/h2,5-6,10,12,22H,3-4,7-9,11H2,1H3,(H,16,17,19). The van der Waals surface area contributed by atoms with Crippen LogP contribution < -0.4 is 10.2 Å². The van der Waals surface area contributed by atoms with Crippen LogP contribution in [0.1, 0.15) is 12.8 Å². The van der Waals surface area contributed by atoms with Crippen molar-refractivity contribution in [3.8, 4) is 0 Å². The largest absolute Gasteiger partial charge is 0.393 e. The van der Waals surface area contributed by atoms with Crippen molar-refractivity contribution in [2.24, 2.45) is 7.05 Å². The van der Waals surface area contributed by atoms with Crippen molar-refractivity contribution in [2.75, 3.05) is 35.6 Å². The number of rotatable bonds is 6. The molecule has 0 bridgehead atoms. The summed E-state index contributed by atoms with van der Waals surface area (Å²) in [6.07, 6.45) is 6.95. The first-order chi connectivity index (χ1) is 11.2. The summed E-state index contributed by atoms with van der Waals surface area (Å²) in [4.78, 5) is 15.3. The van der Waals surface area contributed by atoms with Crippen LogP contribution in [0.5, 0.6) is 0 Å². The molecule has 0 aromatic carbocycles. The number of aryl methyl sites for hydroxylation is 1. The van der Waals surface area contributed by atoms with E-state index in [1.54, 1.807) is 24.2 Å². The van der Waals surface area contributed by atoms with E-state index >= 15 is 0 Å². The molecule has 0 saturated carbocycles. The predicted molar refractivity (Wildman–Crippen MR) is 91.9 cm³/mol. The molecule has 0 unspecified atom stereocenters. The van der Waals surface area contributed by atoms with Crippen molar-refractivity contribution >= 4 is 23.5 Å². The van der Waals surface area contributed by atoms with Gasteiger partial charge in [-0.05, 0) is 18.9 Å². The zero-order valence-corrected chi connectivity index (χ0v) is 14.0. The Kier molecular flexibility index (Phi) is 5.35. The number of aliphatic hydroxyl groups excluding tert-OH is 1. The summed E-state index contributed by atoms with van der Waals surface area (Å²) < 4.78 is 2.01. The molecule has 1 aliphatic heterocycles. The highest BCUT2D eigenvalue weighted by Crippen LogP contribution is 2.19. The zero-order chi connectivity index (χ0) is 16.1. The van der Waals surface area contributed by atoms with Gasteiger partial charge in [0.1, 0.15) is 5.82 Å². The van der Waals surface area contributed by atoms with Gasteiger partial charge in [-0.3, -0.25) is 0 Å². The molecule has 23 heavy (non-hydrogen) atoms. The summed E-state index contributed by atoms with van der Waals surface area (Å²) in [7, 11) is 1.99. The van der Waals surface area contributed by atoms with Crippen molar-refractivity contribution in [3.63, 3.8) is 0 Å². The molecule has 1 saturated heterocycles. The van der Waals surface area contributed by atoms with Gasteiger partial charge in [0, 0.05) is 51.0 Å². The van der Waals surface area contributed by atoms with Crippen molar-refractivity contribution in [1.82, 2.24) is 19.5 Å². The second kappa shape index (κ2) is 7.65. The molecule has 3 heterocycles. The van der Waals surface area contributed by atoms with E-state index in [1.807, 2.05) is 23.9 Å². The van der Waals surface area contributed by atoms with Crippen LogP contribution in [0.15, 0.2) is 29.8 Å². The Bertz CT molecular complexity index is 626. The van der Waals surface area contributed by atoms with E-state index in [4.69, 9.17) is 0 Å². The van der Waals surface area contributed by atoms with Crippen LogP contribution in [0.4, 0.5) is 11.8 Å². The number of anilines is 2. The number of hydrogen-bond donors (Lipinski definition) is 2. The van der Waals surface area contributed by atoms with E-state index in [0.717, 1.165) is 49.2 Å². The predicted octanol–water partition coefficient (Wildman–Crippen LogP) is 1.38. The maximum atomic E-state index is 9.59. The normalized spacial score (nSPS) is 15.8.